The van der Waals surface area contributed by atoms with Gasteiger partial charge in [0.1, 0.15) is 0 Å². The fourth-order valence-electron chi connectivity index (χ4n) is 2.45. The molecule has 0 aliphatic rings. The molecule has 3 heterocycles. The summed E-state index contributed by atoms with van der Waals surface area (Å²) >= 11 is 1.31. The first-order valence-corrected chi connectivity index (χ1v) is 9.47. The lowest BCUT2D eigenvalue weighted by Crippen LogP contribution is -2.18. The van der Waals surface area contributed by atoms with E-state index in [1.54, 1.807) is 18.5 Å². The van der Waals surface area contributed by atoms with Gasteiger partial charge in [-0.15, -0.1) is 0 Å². The first-order chi connectivity index (χ1) is 13.4. The predicted octanol–water partition coefficient (Wildman–Crippen LogP) is 2.84. The molecular weight excluding hydrogens is 393 g/mol. The van der Waals surface area contributed by atoms with E-state index in [-0.39, 0.29) is 17.0 Å². The number of halogens is 3. The Balaban J connectivity index is 1.46. The Labute approximate surface area is 162 Å². The molecule has 0 spiro atoms. The number of H-pyrrole nitrogens is 2. The van der Waals surface area contributed by atoms with Gasteiger partial charge < -0.3 is 10.3 Å². The van der Waals surface area contributed by atoms with Crippen molar-refractivity contribution in [2.24, 2.45) is 0 Å². The van der Waals surface area contributed by atoms with Crippen molar-refractivity contribution in [3.8, 4) is 0 Å². The van der Waals surface area contributed by atoms with E-state index in [9.17, 15) is 18.0 Å². The smallest absolute Gasteiger partial charge is 0.355 e. The largest absolute Gasteiger partial charge is 0.435 e. The molecule has 0 unspecified atom stereocenters. The lowest BCUT2D eigenvalue weighted by molar-refractivity contribution is -0.141. The van der Waals surface area contributed by atoms with Gasteiger partial charge in [-0.2, -0.15) is 24.9 Å². The number of rotatable bonds is 8. The first-order valence-electron chi connectivity index (χ1n) is 8.31. The number of hydrogen-bond donors (Lipinski definition) is 3. The summed E-state index contributed by atoms with van der Waals surface area (Å²) in [6.07, 6.45) is 1.85. The van der Waals surface area contributed by atoms with E-state index in [1.165, 1.54) is 18.0 Å². The Morgan fingerprint density at radius 1 is 1.21 bits per heavy atom. The molecule has 0 aliphatic carbocycles. The normalized spacial score (nSPS) is 11.5. The second kappa shape index (κ2) is 8.91. The van der Waals surface area contributed by atoms with Crippen LogP contribution < -0.4 is 10.9 Å². The van der Waals surface area contributed by atoms with Crippen LogP contribution in [0.2, 0.25) is 0 Å². The average Bonchev–Trinajstić information content (AvgIpc) is 3.13. The lowest BCUT2D eigenvalue weighted by Gasteiger charge is -2.08. The molecule has 0 saturated carbocycles. The fourth-order valence-corrected chi connectivity index (χ4v) is 3.27. The van der Waals surface area contributed by atoms with Crippen molar-refractivity contribution in [2.45, 2.75) is 18.3 Å². The summed E-state index contributed by atoms with van der Waals surface area (Å²) in [7, 11) is 0. The minimum absolute atomic E-state index is 0.0452. The lowest BCUT2D eigenvalue weighted by atomic mass is 10.1. The molecule has 3 aromatic rings. The Kier molecular flexibility index (Phi) is 6.34. The van der Waals surface area contributed by atoms with Gasteiger partial charge in [0.25, 0.3) is 5.56 Å². The second-order valence-corrected chi connectivity index (χ2v) is 6.94. The van der Waals surface area contributed by atoms with Gasteiger partial charge in [0.2, 0.25) is 5.95 Å². The monoisotopic (exact) mass is 410 g/mol. The van der Waals surface area contributed by atoms with Crippen LogP contribution in [0.1, 0.15) is 22.5 Å². The Bertz CT molecular complexity index is 957. The molecular formula is C17H17F3N6OS. The standard InChI is InChI=1S/C17H17F3N6OS/c18-17(19,20)14-13(24-10-25-14)9-28-5-4-22-16-23-8-12(15(27)26-16)6-11-2-1-3-21-7-11/h1-3,7-8,10H,4-6,9H2,(H,24,25)(H2,22,23,26,27). The van der Waals surface area contributed by atoms with Gasteiger partial charge in [0.05, 0.1) is 12.0 Å². The van der Waals surface area contributed by atoms with Crippen LogP contribution in [0.3, 0.4) is 0 Å². The SMILES string of the molecule is O=c1[nH]c(NCCSCc2[nH]cnc2C(F)(F)F)ncc1Cc1cccnc1. The predicted molar refractivity (Wildman–Crippen MR) is 100 cm³/mol. The van der Waals surface area contributed by atoms with Crippen molar-refractivity contribution in [1.82, 2.24) is 24.9 Å². The van der Waals surface area contributed by atoms with Gasteiger partial charge in [0.15, 0.2) is 5.69 Å². The van der Waals surface area contributed by atoms with Crippen molar-refractivity contribution in [2.75, 3.05) is 17.6 Å². The van der Waals surface area contributed by atoms with Gasteiger partial charge in [-0.05, 0) is 11.6 Å². The zero-order chi connectivity index (χ0) is 20.0. The molecule has 148 valence electrons. The van der Waals surface area contributed by atoms with E-state index in [0.717, 1.165) is 11.9 Å². The van der Waals surface area contributed by atoms with Gasteiger partial charge in [-0.25, -0.2) is 9.97 Å². The van der Waals surface area contributed by atoms with Crippen LogP contribution in [0.15, 0.2) is 41.8 Å². The third-order valence-electron chi connectivity index (χ3n) is 3.76. The van der Waals surface area contributed by atoms with E-state index in [0.29, 0.717) is 30.2 Å². The highest BCUT2D eigenvalue weighted by Crippen LogP contribution is 2.31. The van der Waals surface area contributed by atoms with Crippen molar-refractivity contribution in [1.29, 1.82) is 0 Å². The molecule has 0 radical (unpaired) electrons. The number of nitrogens with one attached hydrogen (secondary N) is 3. The summed E-state index contributed by atoms with van der Waals surface area (Å²) in [4.78, 5) is 28.8. The number of thioether (sulfide) groups is 1. The van der Waals surface area contributed by atoms with Crippen molar-refractivity contribution in [3.05, 3.63) is 69.9 Å². The molecule has 0 bridgehead atoms. The average molecular weight is 410 g/mol. The first kappa shape index (κ1) is 19.9. The molecule has 11 heteroatoms. The maximum Gasteiger partial charge on any atom is 0.435 e. The number of hydrogen-bond acceptors (Lipinski definition) is 6. The Morgan fingerprint density at radius 3 is 2.79 bits per heavy atom. The summed E-state index contributed by atoms with van der Waals surface area (Å²) in [5, 5.41) is 2.95. The third kappa shape index (κ3) is 5.35. The third-order valence-corrected chi connectivity index (χ3v) is 4.75. The summed E-state index contributed by atoms with van der Waals surface area (Å²) in [5.74, 6) is 1.00. The highest BCUT2D eigenvalue weighted by atomic mass is 32.2. The molecule has 0 amide bonds. The number of nitrogens with zero attached hydrogens (tertiary/aromatic N) is 3. The molecule has 0 aromatic carbocycles. The van der Waals surface area contributed by atoms with Gasteiger partial charge in [-0.3, -0.25) is 14.8 Å². The topological polar surface area (TPSA) is 99.3 Å². The molecule has 28 heavy (non-hydrogen) atoms. The van der Waals surface area contributed by atoms with Crippen LogP contribution in [0.5, 0.6) is 0 Å². The maximum absolute atomic E-state index is 12.7. The molecule has 0 saturated heterocycles. The highest BCUT2D eigenvalue weighted by Gasteiger charge is 2.35. The molecule has 3 rings (SSSR count). The zero-order valence-corrected chi connectivity index (χ0v) is 15.4. The van der Waals surface area contributed by atoms with Gasteiger partial charge >= 0.3 is 6.18 Å². The van der Waals surface area contributed by atoms with E-state index >= 15 is 0 Å². The van der Waals surface area contributed by atoms with Crippen molar-refractivity contribution >= 4 is 17.7 Å². The number of aromatic amines is 2. The van der Waals surface area contributed by atoms with Crippen LogP contribution >= 0.6 is 11.8 Å². The van der Waals surface area contributed by atoms with E-state index in [2.05, 4.69) is 30.2 Å². The van der Waals surface area contributed by atoms with Crippen LogP contribution in [-0.4, -0.2) is 37.2 Å². The molecule has 0 aliphatic heterocycles. The number of aromatic nitrogens is 5. The Hall–Kier alpha value is -2.82. The molecule has 0 fully saturated rings. The number of alkyl halides is 3. The van der Waals surface area contributed by atoms with E-state index in [4.69, 9.17) is 0 Å². The van der Waals surface area contributed by atoms with Crippen molar-refractivity contribution in [3.63, 3.8) is 0 Å². The van der Waals surface area contributed by atoms with Gasteiger partial charge in [0, 0.05) is 48.6 Å². The highest BCUT2D eigenvalue weighted by molar-refractivity contribution is 7.98. The molecule has 3 N–H and O–H groups in total. The van der Waals surface area contributed by atoms with Crippen LogP contribution in [-0.2, 0) is 18.3 Å². The van der Waals surface area contributed by atoms with Crippen LogP contribution in [0.25, 0.3) is 0 Å². The summed E-state index contributed by atoms with van der Waals surface area (Å²) in [6.45, 7) is 0.436. The number of imidazole rings is 1. The Morgan fingerprint density at radius 2 is 2.07 bits per heavy atom. The zero-order valence-electron chi connectivity index (χ0n) is 14.6. The second-order valence-electron chi connectivity index (χ2n) is 5.83. The summed E-state index contributed by atoms with van der Waals surface area (Å²) < 4.78 is 38.2. The minimum Gasteiger partial charge on any atom is -0.355 e. The van der Waals surface area contributed by atoms with Crippen LogP contribution in [0, 0.1) is 0 Å². The quantitative estimate of drug-likeness (QED) is 0.494. The van der Waals surface area contributed by atoms with Gasteiger partial charge in [-0.1, -0.05) is 6.07 Å². The molecule has 0 atom stereocenters. The van der Waals surface area contributed by atoms with Crippen LogP contribution in [0.4, 0.5) is 19.1 Å². The number of pyridine rings is 1. The number of anilines is 1. The van der Waals surface area contributed by atoms with Crippen molar-refractivity contribution < 1.29 is 13.2 Å². The summed E-state index contributed by atoms with van der Waals surface area (Å²) in [5.41, 5.74) is 0.337. The minimum atomic E-state index is -4.46. The molecule has 7 nitrogen and oxygen atoms in total. The maximum atomic E-state index is 12.7. The molecule has 3 aromatic heterocycles. The summed E-state index contributed by atoms with van der Waals surface area (Å²) in [6, 6.07) is 3.67. The fraction of sp³-hybridized carbons (Fsp3) is 0.294. The van der Waals surface area contributed by atoms with E-state index in [1.807, 2.05) is 6.07 Å². The van der Waals surface area contributed by atoms with E-state index < -0.39 is 11.9 Å².